The van der Waals surface area contributed by atoms with E-state index in [0.717, 1.165) is 16.8 Å². The molecule has 0 spiro atoms. The van der Waals surface area contributed by atoms with E-state index in [0.29, 0.717) is 28.5 Å². The Morgan fingerprint density at radius 2 is 1.74 bits per heavy atom. The fourth-order valence-electron chi connectivity index (χ4n) is 3.77. The van der Waals surface area contributed by atoms with Crippen LogP contribution in [0.3, 0.4) is 0 Å². The van der Waals surface area contributed by atoms with Gasteiger partial charge < -0.3 is 35.4 Å². The highest BCUT2D eigenvalue weighted by molar-refractivity contribution is 5.88. The lowest BCUT2D eigenvalue weighted by molar-refractivity contribution is -0.123. The third kappa shape index (κ3) is 4.56. The van der Waals surface area contributed by atoms with Crippen molar-refractivity contribution in [1.29, 1.82) is 0 Å². The van der Waals surface area contributed by atoms with Gasteiger partial charge >= 0.3 is 0 Å². The van der Waals surface area contributed by atoms with E-state index in [9.17, 15) is 20.1 Å². The molecule has 184 valence electrons. The second kappa shape index (κ2) is 10.1. The number of methoxy groups -OCH3 is 2. The van der Waals surface area contributed by atoms with Gasteiger partial charge in [0.1, 0.15) is 5.54 Å². The van der Waals surface area contributed by atoms with Crippen molar-refractivity contribution in [3.63, 3.8) is 0 Å². The molecule has 2 aromatic heterocycles. The van der Waals surface area contributed by atoms with Gasteiger partial charge in [-0.2, -0.15) is 0 Å². The predicted octanol–water partition coefficient (Wildman–Crippen LogP) is 0.810. The topological polar surface area (TPSA) is 150 Å². The highest BCUT2D eigenvalue weighted by Crippen LogP contribution is 2.34. The molecule has 0 radical (unpaired) electrons. The number of anilines is 1. The number of imidazole rings is 1. The van der Waals surface area contributed by atoms with Crippen LogP contribution in [0.4, 0.5) is 5.82 Å². The van der Waals surface area contributed by atoms with E-state index >= 15 is 0 Å². The number of ether oxygens (including phenoxy) is 2. The van der Waals surface area contributed by atoms with Crippen LogP contribution in [-0.4, -0.2) is 81.7 Å². The number of benzene rings is 2. The Morgan fingerprint density at radius 1 is 1.03 bits per heavy atom. The molecule has 11 nitrogen and oxygen atoms in total. The lowest BCUT2D eigenvalue weighted by Crippen LogP contribution is -2.58. The predicted molar refractivity (Wildman–Crippen MR) is 130 cm³/mol. The molecule has 35 heavy (non-hydrogen) atoms. The fourth-order valence-corrected chi connectivity index (χ4v) is 3.77. The summed E-state index contributed by atoms with van der Waals surface area (Å²) < 4.78 is 12.7. The highest BCUT2D eigenvalue weighted by Gasteiger charge is 2.30. The summed E-state index contributed by atoms with van der Waals surface area (Å²) in [6.45, 7) is -2.06. The van der Waals surface area contributed by atoms with Gasteiger partial charge in [-0.25, -0.2) is 9.97 Å². The summed E-state index contributed by atoms with van der Waals surface area (Å²) in [4.78, 5) is 21.7. The number of para-hydroxylation sites is 2. The minimum absolute atomic E-state index is 0.221. The fraction of sp³-hybridized carbons (Fsp3) is 0.292. The molecule has 2 heterocycles. The molecule has 0 atom stereocenters. The van der Waals surface area contributed by atoms with Gasteiger partial charge in [0, 0.05) is 5.56 Å². The van der Waals surface area contributed by atoms with Gasteiger partial charge in [0.05, 0.1) is 63.5 Å². The van der Waals surface area contributed by atoms with Gasteiger partial charge in [-0.1, -0.05) is 12.1 Å². The summed E-state index contributed by atoms with van der Waals surface area (Å²) in [7, 11) is 3.15. The van der Waals surface area contributed by atoms with Crippen LogP contribution in [0.5, 0.6) is 11.5 Å². The van der Waals surface area contributed by atoms with Crippen LogP contribution >= 0.6 is 0 Å². The van der Waals surface area contributed by atoms with Crippen molar-refractivity contribution in [2.24, 2.45) is 0 Å². The molecule has 11 heteroatoms. The number of aliphatic hydroxyl groups excluding tert-OH is 3. The van der Waals surface area contributed by atoms with Crippen molar-refractivity contribution in [2.45, 2.75) is 5.54 Å². The SMILES string of the molecule is COc1ccc(-c2cnc3c(NCC(=O)NC(CO)(CO)CO)nc4ccccc4n23)cc1OC. The number of hydrogen-bond acceptors (Lipinski definition) is 9. The van der Waals surface area contributed by atoms with Gasteiger partial charge in [0.15, 0.2) is 23.0 Å². The van der Waals surface area contributed by atoms with E-state index in [-0.39, 0.29) is 6.54 Å². The third-order valence-electron chi connectivity index (χ3n) is 5.74. The minimum Gasteiger partial charge on any atom is -0.493 e. The number of nitrogens with zero attached hydrogens (tertiary/aromatic N) is 3. The monoisotopic (exact) mass is 481 g/mol. The molecule has 5 N–H and O–H groups in total. The number of rotatable bonds is 10. The van der Waals surface area contributed by atoms with Crippen LogP contribution in [0.2, 0.25) is 0 Å². The highest BCUT2D eigenvalue weighted by atomic mass is 16.5. The lowest BCUT2D eigenvalue weighted by Gasteiger charge is -2.28. The number of carbonyl (C=O) groups is 1. The van der Waals surface area contributed by atoms with E-state index in [1.165, 1.54) is 0 Å². The number of amides is 1. The second-order valence-corrected chi connectivity index (χ2v) is 7.98. The maximum atomic E-state index is 12.5. The number of aromatic nitrogens is 3. The number of carbonyl (C=O) groups excluding carboxylic acids is 1. The Balaban J connectivity index is 1.74. The van der Waals surface area contributed by atoms with E-state index in [4.69, 9.17) is 9.47 Å². The first-order valence-corrected chi connectivity index (χ1v) is 10.8. The zero-order chi connectivity index (χ0) is 25.0. The number of fused-ring (bicyclic) bond motifs is 3. The molecule has 2 aromatic carbocycles. The first kappa shape index (κ1) is 24.2. The van der Waals surface area contributed by atoms with Crippen molar-refractivity contribution in [1.82, 2.24) is 19.7 Å². The number of nitrogens with one attached hydrogen (secondary N) is 2. The van der Waals surface area contributed by atoms with Crippen LogP contribution in [0, 0.1) is 0 Å². The van der Waals surface area contributed by atoms with Gasteiger partial charge in [-0.05, 0) is 30.3 Å². The van der Waals surface area contributed by atoms with E-state index in [2.05, 4.69) is 20.6 Å². The Kier molecular flexibility index (Phi) is 7.01. The van der Waals surface area contributed by atoms with Crippen molar-refractivity contribution in [2.75, 3.05) is 45.9 Å². The lowest BCUT2D eigenvalue weighted by atomic mass is 10.0. The molecule has 4 rings (SSSR count). The van der Waals surface area contributed by atoms with Crippen LogP contribution < -0.4 is 20.1 Å². The molecule has 0 fully saturated rings. The molecule has 0 saturated heterocycles. The molecular formula is C24H27N5O6. The van der Waals surface area contributed by atoms with Crippen LogP contribution in [0.15, 0.2) is 48.7 Å². The normalized spacial score (nSPS) is 11.6. The molecule has 0 unspecified atom stereocenters. The largest absolute Gasteiger partial charge is 0.493 e. The Morgan fingerprint density at radius 3 is 2.43 bits per heavy atom. The summed E-state index contributed by atoms with van der Waals surface area (Å²) in [5.74, 6) is 1.01. The average molecular weight is 482 g/mol. The van der Waals surface area contributed by atoms with Crippen molar-refractivity contribution in [3.8, 4) is 22.8 Å². The summed E-state index contributed by atoms with van der Waals surface area (Å²) in [6, 6.07) is 13.1. The Hall–Kier alpha value is -3.93. The van der Waals surface area contributed by atoms with Gasteiger partial charge in [-0.15, -0.1) is 0 Å². The second-order valence-electron chi connectivity index (χ2n) is 7.98. The smallest absolute Gasteiger partial charge is 0.240 e. The summed E-state index contributed by atoms with van der Waals surface area (Å²) in [5, 5.41) is 33.8. The first-order chi connectivity index (χ1) is 17.0. The maximum Gasteiger partial charge on any atom is 0.240 e. The van der Waals surface area contributed by atoms with Crippen LogP contribution in [0.25, 0.3) is 27.9 Å². The molecule has 0 bridgehead atoms. The Bertz CT molecular complexity index is 1340. The molecule has 0 aliphatic rings. The minimum atomic E-state index is -1.52. The zero-order valence-corrected chi connectivity index (χ0v) is 19.4. The van der Waals surface area contributed by atoms with E-state index < -0.39 is 31.3 Å². The van der Waals surface area contributed by atoms with Gasteiger partial charge in [0.25, 0.3) is 0 Å². The van der Waals surface area contributed by atoms with Crippen molar-refractivity contribution in [3.05, 3.63) is 48.7 Å². The van der Waals surface area contributed by atoms with Crippen molar-refractivity contribution >= 4 is 28.4 Å². The molecule has 0 aliphatic heterocycles. The zero-order valence-electron chi connectivity index (χ0n) is 19.4. The summed E-state index contributed by atoms with van der Waals surface area (Å²) in [6.07, 6.45) is 1.71. The Labute approximate surface area is 201 Å². The molecule has 0 aliphatic carbocycles. The summed E-state index contributed by atoms with van der Waals surface area (Å²) >= 11 is 0. The van der Waals surface area contributed by atoms with Gasteiger partial charge in [0.2, 0.25) is 5.91 Å². The summed E-state index contributed by atoms with van der Waals surface area (Å²) in [5.41, 5.74) is 2.11. The quantitative estimate of drug-likeness (QED) is 0.222. The number of hydrogen-bond donors (Lipinski definition) is 5. The van der Waals surface area contributed by atoms with Crippen LogP contribution in [-0.2, 0) is 4.79 Å². The molecule has 4 aromatic rings. The standard InChI is InChI=1S/C24H27N5O6/c1-34-19-8-7-15(9-20(19)35-2)18-10-26-23-22(27-16-5-3-4-6-17(16)29(18)23)25-11-21(33)28-24(12-30,13-31)14-32/h3-10,30-32H,11-14H2,1-2H3,(H,25,27)(H,28,33). The molecular weight excluding hydrogens is 454 g/mol. The first-order valence-electron chi connectivity index (χ1n) is 10.8. The van der Waals surface area contributed by atoms with Crippen molar-refractivity contribution < 1.29 is 29.6 Å². The van der Waals surface area contributed by atoms with Gasteiger partial charge in [-0.3, -0.25) is 9.20 Å². The van der Waals surface area contributed by atoms with Crippen LogP contribution in [0.1, 0.15) is 0 Å². The van der Waals surface area contributed by atoms with E-state index in [1.54, 1.807) is 20.4 Å². The maximum absolute atomic E-state index is 12.5. The molecule has 0 saturated carbocycles. The number of aliphatic hydroxyl groups is 3. The molecule has 1 amide bonds. The van der Waals surface area contributed by atoms with E-state index in [1.807, 2.05) is 46.9 Å². The average Bonchev–Trinajstić information content (AvgIpc) is 3.36. The third-order valence-corrected chi connectivity index (χ3v) is 5.74.